The van der Waals surface area contributed by atoms with Gasteiger partial charge in [0.2, 0.25) is 0 Å². The molecule has 21 heavy (non-hydrogen) atoms. The fourth-order valence-corrected chi connectivity index (χ4v) is 3.00. The molecule has 110 valence electrons. The number of nitro benzene ring substituents is 1. The van der Waals surface area contributed by atoms with Crippen molar-refractivity contribution in [3.63, 3.8) is 0 Å². The Kier molecular flexibility index (Phi) is 4.42. The third-order valence-corrected chi connectivity index (χ3v) is 4.05. The first-order valence-electron chi connectivity index (χ1n) is 6.49. The van der Waals surface area contributed by atoms with E-state index < -0.39 is 4.92 Å². The van der Waals surface area contributed by atoms with Crippen LogP contribution in [0, 0.1) is 10.1 Å². The fraction of sp³-hybridized carbons (Fsp3) is 0.286. The molecule has 1 aromatic rings. The summed E-state index contributed by atoms with van der Waals surface area (Å²) in [5.74, 6) is 0.0394. The smallest absolute Gasteiger partial charge is 0.269 e. The molecule has 1 aromatic carbocycles. The van der Waals surface area contributed by atoms with Crippen LogP contribution in [0.25, 0.3) is 5.57 Å². The van der Waals surface area contributed by atoms with Crippen molar-refractivity contribution >= 4 is 34.8 Å². The van der Waals surface area contributed by atoms with Crippen LogP contribution >= 0.6 is 11.8 Å². The van der Waals surface area contributed by atoms with Crippen LogP contribution in [0.1, 0.15) is 19.4 Å². The molecule has 0 saturated heterocycles. The number of hydrogen-bond acceptors (Lipinski definition) is 5. The maximum atomic E-state index is 12.4. The number of carbonyl (C=O) groups excluding carboxylic acids is 2. The monoisotopic (exact) mass is 306 g/mol. The van der Waals surface area contributed by atoms with E-state index in [0.29, 0.717) is 28.3 Å². The largest absolute Gasteiger partial charge is 0.274 e. The van der Waals surface area contributed by atoms with Gasteiger partial charge in [0.1, 0.15) is 0 Å². The third-order valence-electron chi connectivity index (χ3n) is 3.10. The average molecular weight is 306 g/mol. The van der Waals surface area contributed by atoms with Crippen molar-refractivity contribution in [1.29, 1.82) is 0 Å². The molecule has 0 saturated carbocycles. The summed E-state index contributed by atoms with van der Waals surface area (Å²) < 4.78 is 0. The summed E-state index contributed by atoms with van der Waals surface area (Å²) in [5.41, 5.74) is 0.822. The van der Waals surface area contributed by atoms with E-state index in [0.717, 1.165) is 0 Å². The van der Waals surface area contributed by atoms with Gasteiger partial charge >= 0.3 is 0 Å². The van der Waals surface area contributed by atoms with E-state index in [2.05, 4.69) is 0 Å². The SMILES string of the molecule is CCSC1=C(c2ccc([N+](=O)[O-])cc2)C(=O)N(CC)C1=O. The van der Waals surface area contributed by atoms with Crippen molar-refractivity contribution in [3.8, 4) is 0 Å². The first kappa shape index (κ1) is 15.2. The van der Waals surface area contributed by atoms with Crippen molar-refractivity contribution in [1.82, 2.24) is 4.90 Å². The number of thioether (sulfide) groups is 1. The number of hydrogen-bond donors (Lipinski definition) is 0. The number of imide groups is 1. The van der Waals surface area contributed by atoms with Crippen LogP contribution in [0.2, 0.25) is 0 Å². The molecule has 6 nitrogen and oxygen atoms in total. The molecule has 0 radical (unpaired) electrons. The van der Waals surface area contributed by atoms with Gasteiger partial charge in [0.25, 0.3) is 17.5 Å². The minimum atomic E-state index is -0.500. The van der Waals surface area contributed by atoms with Gasteiger partial charge < -0.3 is 0 Å². The third kappa shape index (κ3) is 2.69. The van der Waals surface area contributed by atoms with E-state index in [1.807, 2.05) is 6.92 Å². The Morgan fingerprint density at radius 1 is 1.14 bits per heavy atom. The minimum absolute atomic E-state index is 0.0480. The Morgan fingerprint density at radius 2 is 1.76 bits per heavy atom. The number of non-ortho nitro benzene ring substituents is 1. The molecule has 0 aromatic heterocycles. The standard InChI is InChI=1S/C14H14N2O4S/c1-3-15-13(17)11(12(14(15)18)21-4-2)9-5-7-10(8-6-9)16(19)20/h5-8H,3-4H2,1-2H3. The number of amides is 2. The molecule has 0 bridgehead atoms. The van der Waals surface area contributed by atoms with Crippen LogP contribution < -0.4 is 0 Å². The van der Waals surface area contributed by atoms with Crippen LogP contribution in [0.15, 0.2) is 29.2 Å². The van der Waals surface area contributed by atoms with Crippen LogP contribution in [0.3, 0.4) is 0 Å². The Bertz CT molecular complexity index is 637. The lowest BCUT2D eigenvalue weighted by Crippen LogP contribution is -2.31. The van der Waals surface area contributed by atoms with Gasteiger partial charge in [-0.3, -0.25) is 24.6 Å². The molecule has 1 aliphatic rings. The molecular weight excluding hydrogens is 292 g/mol. The predicted molar refractivity (Wildman–Crippen MR) is 80.5 cm³/mol. The van der Waals surface area contributed by atoms with Crippen LogP contribution in [-0.2, 0) is 9.59 Å². The van der Waals surface area contributed by atoms with E-state index in [1.54, 1.807) is 6.92 Å². The van der Waals surface area contributed by atoms with Gasteiger partial charge in [-0.05, 0) is 30.4 Å². The van der Waals surface area contributed by atoms with Crippen molar-refractivity contribution < 1.29 is 14.5 Å². The zero-order valence-electron chi connectivity index (χ0n) is 11.7. The molecule has 0 aliphatic carbocycles. The molecule has 1 aliphatic heterocycles. The summed E-state index contributed by atoms with van der Waals surface area (Å²) in [6.07, 6.45) is 0. The highest BCUT2D eigenvalue weighted by Gasteiger charge is 2.37. The van der Waals surface area contributed by atoms with Gasteiger partial charge in [-0.2, -0.15) is 0 Å². The van der Waals surface area contributed by atoms with E-state index in [4.69, 9.17) is 0 Å². The average Bonchev–Trinajstić information content (AvgIpc) is 2.70. The second-order valence-corrected chi connectivity index (χ2v) is 5.57. The molecule has 0 unspecified atom stereocenters. The summed E-state index contributed by atoms with van der Waals surface area (Å²) in [5, 5.41) is 10.7. The number of rotatable bonds is 5. The van der Waals surface area contributed by atoms with E-state index in [1.165, 1.54) is 40.9 Å². The van der Waals surface area contributed by atoms with Crippen molar-refractivity contribution in [2.24, 2.45) is 0 Å². The molecule has 1 heterocycles. The highest BCUT2D eigenvalue weighted by atomic mass is 32.2. The minimum Gasteiger partial charge on any atom is -0.274 e. The van der Waals surface area contributed by atoms with E-state index in [9.17, 15) is 19.7 Å². The molecule has 0 spiro atoms. The molecule has 2 amide bonds. The van der Waals surface area contributed by atoms with Gasteiger partial charge in [-0.15, -0.1) is 11.8 Å². The topological polar surface area (TPSA) is 80.5 Å². The van der Waals surface area contributed by atoms with Gasteiger partial charge in [0.15, 0.2) is 0 Å². The van der Waals surface area contributed by atoms with Crippen LogP contribution in [0.5, 0.6) is 0 Å². The molecule has 0 atom stereocenters. The van der Waals surface area contributed by atoms with Gasteiger partial charge in [-0.25, -0.2) is 0 Å². The molecule has 0 fully saturated rings. The maximum absolute atomic E-state index is 12.4. The second-order valence-electron chi connectivity index (χ2n) is 4.30. The summed E-state index contributed by atoms with van der Waals surface area (Å²) in [6.45, 7) is 3.95. The van der Waals surface area contributed by atoms with Crippen LogP contribution in [-0.4, -0.2) is 33.9 Å². The number of likely N-dealkylation sites (N-methyl/N-ethyl adjacent to an activating group) is 1. The van der Waals surface area contributed by atoms with Gasteiger partial charge in [0.05, 0.1) is 15.4 Å². The van der Waals surface area contributed by atoms with Gasteiger partial charge in [0, 0.05) is 18.7 Å². The molecule has 2 rings (SSSR count). The zero-order valence-corrected chi connectivity index (χ0v) is 12.5. The lowest BCUT2D eigenvalue weighted by atomic mass is 10.1. The van der Waals surface area contributed by atoms with Crippen molar-refractivity contribution in [2.45, 2.75) is 13.8 Å². The summed E-state index contributed by atoms with van der Waals surface area (Å²) in [7, 11) is 0. The number of carbonyl (C=O) groups is 2. The second kappa shape index (κ2) is 6.09. The number of benzene rings is 1. The normalized spacial score (nSPS) is 15.0. The number of nitrogens with zero attached hydrogens (tertiary/aromatic N) is 2. The Hall–Kier alpha value is -2.15. The van der Waals surface area contributed by atoms with E-state index in [-0.39, 0.29) is 17.5 Å². The predicted octanol–water partition coefficient (Wildman–Crippen LogP) is 2.45. The highest BCUT2D eigenvalue weighted by molar-refractivity contribution is 8.04. The number of nitro groups is 1. The molecular formula is C14H14N2O4S. The Morgan fingerprint density at radius 3 is 2.24 bits per heavy atom. The first-order valence-corrected chi connectivity index (χ1v) is 7.47. The zero-order chi connectivity index (χ0) is 15.6. The lowest BCUT2D eigenvalue weighted by Gasteiger charge is -2.11. The molecule has 7 heteroatoms. The fourth-order valence-electron chi connectivity index (χ4n) is 2.12. The lowest BCUT2D eigenvalue weighted by molar-refractivity contribution is -0.384. The first-order chi connectivity index (χ1) is 10.0. The van der Waals surface area contributed by atoms with E-state index >= 15 is 0 Å². The Balaban J connectivity index is 2.49. The summed E-state index contributed by atoms with van der Waals surface area (Å²) in [4.78, 5) is 36.3. The highest BCUT2D eigenvalue weighted by Crippen LogP contribution is 2.36. The molecule has 0 N–H and O–H groups in total. The maximum Gasteiger partial charge on any atom is 0.269 e. The Labute approximate surface area is 126 Å². The van der Waals surface area contributed by atoms with Crippen LogP contribution in [0.4, 0.5) is 5.69 Å². The van der Waals surface area contributed by atoms with Crippen molar-refractivity contribution in [2.75, 3.05) is 12.3 Å². The van der Waals surface area contributed by atoms with Crippen molar-refractivity contribution in [3.05, 3.63) is 44.8 Å². The summed E-state index contributed by atoms with van der Waals surface area (Å²) in [6, 6.07) is 5.69. The quantitative estimate of drug-likeness (QED) is 0.474. The van der Waals surface area contributed by atoms with Gasteiger partial charge in [-0.1, -0.05) is 6.92 Å². The summed E-state index contributed by atoms with van der Waals surface area (Å²) >= 11 is 1.32.